The van der Waals surface area contributed by atoms with Crippen LogP contribution < -0.4 is 10.6 Å². The normalized spacial score (nSPS) is 16.3. The number of carbonyl (C=O) groups excluding carboxylic acids is 1. The van der Waals surface area contributed by atoms with Crippen LogP contribution in [0.1, 0.15) is 31.2 Å². The quantitative estimate of drug-likeness (QED) is 0.749. The third-order valence-corrected chi connectivity index (χ3v) is 5.38. The lowest BCUT2D eigenvalue weighted by molar-refractivity contribution is -0.121. The molecule has 0 spiro atoms. The van der Waals surface area contributed by atoms with Gasteiger partial charge < -0.3 is 10.6 Å². The Morgan fingerprint density at radius 2 is 1.91 bits per heavy atom. The van der Waals surface area contributed by atoms with Crippen molar-refractivity contribution < 1.29 is 9.00 Å². The Morgan fingerprint density at radius 1 is 1.22 bits per heavy atom. The number of hydrogen-bond acceptors (Lipinski definition) is 3. The van der Waals surface area contributed by atoms with Gasteiger partial charge in [-0.15, -0.1) is 12.4 Å². The van der Waals surface area contributed by atoms with Crippen LogP contribution >= 0.6 is 12.4 Å². The largest absolute Gasteiger partial charge is 0.355 e. The summed E-state index contributed by atoms with van der Waals surface area (Å²) in [5.41, 5.74) is 1.08. The topological polar surface area (TPSA) is 58.2 Å². The molecular formula is C17H27ClN2O2S. The van der Waals surface area contributed by atoms with Gasteiger partial charge in [0, 0.05) is 35.3 Å². The van der Waals surface area contributed by atoms with E-state index < -0.39 is 10.8 Å². The molecule has 130 valence electrons. The minimum atomic E-state index is -0.919. The van der Waals surface area contributed by atoms with Gasteiger partial charge in [0.25, 0.3) is 0 Å². The van der Waals surface area contributed by atoms with Gasteiger partial charge >= 0.3 is 0 Å². The summed E-state index contributed by atoms with van der Waals surface area (Å²) in [6.45, 7) is 2.65. The Morgan fingerprint density at radius 3 is 2.61 bits per heavy atom. The zero-order chi connectivity index (χ0) is 15.6. The van der Waals surface area contributed by atoms with Crippen molar-refractivity contribution in [1.29, 1.82) is 0 Å². The van der Waals surface area contributed by atoms with Crippen LogP contribution in [-0.2, 0) is 21.3 Å². The number of benzene rings is 1. The molecule has 0 bridgehead atoms. The van der Waals surface area contributed by atoms with E-state index in [0.717, 1.165) is 25.1 Å². The molecule has 23 heavy (non-hydrogen) atoms. The lowest BCUT2D eigenvalue weighted by atomic mass is 9.93. The van der Waals surface area contributed by atoms with Crippen molar-refractivity contribution in [2.45, 2.75) is 31.4 Å². The van der Waals surface area contributed by atoms with Crippen LogP contribution in [0.25, 0.3) is 0 Å². The van der Waals surface area contributed by atoms with E-state index >= 15 is 0 Å². The third kappa shape index (κ3) is 8.49. The average molecular weight is 359 g/mol. The second-order valence-corrected chi connectivity index (χ2v) is 7.43. The second-order valence-electron chi connectivity index (χ2n) is 5.86. The zero-order valence-electron chi connectivity index (χ0n) is 13.5. The van der Waals surface area contributed by atoms with Crippen LogP contribution in [-0.4, -0.2) is 35.5 Å². The molecule has 2 N–H and O–H groups in total. The summed E-state index contributed by atoms with van der Waals surface area (Å²) in [5, 5.41) is 6.23. The third-order valence-electron chi connectivity index (χ3n) is 4.06. The van der Waals surface area contributed by atoms with E-state index in [4.69, 9.17) is 0 Å². The van der Waals surface area contributed by atoms with Crippen LogP contribution in [0.3, 0.4) is 0 Å². The number of carbonyl (C=O) groups is 1. The van der Waals surface area contributed by atoms with Crippen molar-refractivity contribution in [3.05, 3.63) is 35.9 Å². The van der Waals surface area contributed by atoms with Gasteiger partial charge in [-0.2, -0.15) is 0 Å². The van der Waals surface area contributed by atoms with Crippen molar-refractivity contribution >= 4 is 29.1 Å². The Labute approximate surface area is 147 Å². The summed E-state index contributed by atoms with van der Waals surface area (Å²) in [5.74, 6) is 1.86. The average Bonchev–Trinajstić information content (AvgIpc) is 2.55. The van der Waals surface area contributed by atoms with Crippen LogP contribution in [0.5, 0.6) is 0 Å². The predicted molar refractivity (Wildman–Crippen MR) is 98.2 cm³/mol. The van der Waals surface area contributed by atoms with Gasteiger partial charge in [-0.25, -0.2) is 0 Å². The molecule has 1 fully saturated rings. The highest BCUT2D eigenvalue weighted by molar-refractivity contribution is 7.84. The van der Waals surface area contributed by atoms with Crippen molar-refractivity contribution in [3.63, 3.8) is 0 Å². The molecule has 1 atom stereocenters. The molecule has 1 unspecified atom stereocenters. The molecule has 1 aliphatic rings. The van der Waals surface area contributed by atoms with Gasteiger partial charge in [-0.1, -0.05) is 30.3 Å². The Bertz CT molecular complexity index is 479. The summed E-state index contributed by atoms with van der Waals surface area (Å²) in [6.07, 6.45) is 3.92. The zero-order valence-corrected chi connectivity index (χ0v) is 15.1. The van der Waals surface area contributed by atoms with Gasteiger partial charge in [0.1, 0.15) is 0 Å². The fourth-order valence-corrected chi connectivity index (χ4v) is 3.77. The summed E-state index contributed by atoms with van der Waals surface area (Å²) in [6, 6.07) is 9.82. The molecule has 1 aromatic carbocycles. The maximum absolute atomic E-state index is 12.0. The van der Waals surface area contributed by atoms with E-state index in [-0.39, 0.29) is 18.3 Å². The maximum atomic E-state index is 12.0. The molecular weight excluding hydrogens is 332 g/mol. The lowest BCUT2D eigenvalue weighted by Crippen LogP contribution is -2.30. The van der Waals surface area contributed by atoms with E-state index in [9.17, 15) is 9.00 Å². The van der Waals surface area contributed by atoms with Crippen LogP contribution in [0, 0.1) is 5.92 Å². The molecule has 1 saturated heterocycles. The highest BCUT2D eigenvalue weighted by Gasteiger charge is 2.14. The van der Waals surface area contributed by atoms with Crippen molar-refractivity contribution in [3.8, 4) is 0 Å². The van der Waals surface area contributed by atoms with Crippen LogP contribution in [0.15, 0.2) is 30.3 Å². The van der Waals surface area contributed by atoms with Gasteiger partial charge in [0.2, 0.25) is 5.91 Å². The lowest BCUT2D eigenvalue weighted by Gasteiger charge is -2.22. The molecule has 6 heteroatoms. The number of nitrogens with one attached hydrogen (secondary N) is 2. The first-order chi connectivity index (χ1) is 10.7. The Balaban J connectivity index is 0.00000264. The highest BCUT2D eigenvalue weighted by Crippen LogP contribution is 2.17. The first-order valence-corrected chi connectivity index (χ1v) is 9.59. The fourth-order valence-electron chi connectivity index (χ4n) is 2.73. The maximum Gasteiger partial charge on any atom is 0.220 e. The van der Waals surface area contributed by atoms with E-state index in [1.54, 1.807) is 0 Å². The van der Waals surface area contributed by atoms with Gasteiger partial charge in [0.05, 0.1) is 0 Å². The van der Waals surface area contributed by atoms with Gasteiger partial charge in [0.15, 0.2) is 0 Å². The number of piperidine rings is 1. The van der Waals surface area contributed by atoms with Gasteiger partial charge in [-0.05, 0) is 43.8 Å². The summed E-state index contributed by atoms with van der Waals surface area (Å²) in [4.78, 5) is 11.8. The van der Waals surface area contributed by atoms with Crippen molar-refractivity contribution in [1.82, 2.24) is 10.6 Å². The second kappa shape index (κ2) is 11.6. The van der Waals surface area contributed by atoms with Gasteiger partial charge in [-0.3, -0.25) is 9.00 Å². The number of hydrogen-bond donors (Lipinski definition) is 2. The highest BCUT2D eigenvalue weighted by atomic mass is 35.5. The number of amides is 1. The van der Waals surface area contributed by atoms with Crippen LogP contribution in [0.2, 0.25) is 0 Å². The molecule has 0 saturated carbocycles. The smallest absolute Gasteiger partial charge is 0.220 e. The van der Waals surface area contributed by atoms with E-state index in [1.165, 1.54) is 12.8 Å². The number of halogens is 1. The van der Waals surface area contributed by atoms with E-state index in [0.29, 0.717) is 30.4 Å². The Kier molecular flexibility index (Phi) is 10.2. The first-order valence-electron chi connectivity index (χ1n) is 8.10. The molecule has 0 aromatic heterocycles. The molecule has 0 aliphatic carbocycles. The molecule has 1 aromatic rings. The molecule has 4 nitrogen and oxygen atoms in total. The Hall–Kier alpha value is -0.910. The minimum Gasteiger partial charge on any atom is -0.355 e. The van der Waals surface area contributed by atoms with E-state index in [1.807, 2.05) is 30.3 Å². The summed E-state index contributed by atoms with van der Waals surface area (Å²) >= 11 is 0. The first kappa shape index (κ1) is 20.1. The van der Waals surface area contributed by atoms with E-state index in [2.05, 4.69) is 10.6 Å². The van der Waals surface area contributed by atoms with Crippen molar-refractivity contribution in [2.24, 2.45) is 5.92 Å². The monoisotopic (exact) mass is 358 g/mol. The minimum absolute atomic E-state index is 0. The molecule has 1 amide bonds. The number of rotatable bonds is 8. The van der Waals surface area contributed by atoms with Crippen LogP contribution in [0.4, 0.5) is 0 Å². The molecule has 0 radical (unpaired) electrons. The fraction of sp³-hybridized carbons (Fsp3) is 0.588. The molecule has 1 aliphatic heterocycles. The SMILES string of the molecule is Cl.O=C(CCC1CCNCC1)NCCS(=O)Cc1ccccc1. The predicted octanol–water partition coefficient (Wildman–Crippen LogP) is 2.25. The van der Waals surface area contributed by atoms with Crippen molar-refractivity contribution in [2.75, 3.05) is 25.4 Å². The molecule has 2 rings (SSSR count). The standard InChI is InChI=1S/C17H26N2O2S.ClH/c20-17(7-6-15-8-10-18-11-9-15)19-12-13-22(21)14-16-4-2-1-3-5-16;/h1-5,15,18H,6-14H2,(H,19,20);1H. The summed E-state index contributed by atoms with van der Waals surface area (Å²) in [7, 11) is -0.919. The molecule has 1 heterocycles. The summed E-state index contributed by atoms with van der Waals surface area (Å²) < 4.78 is 12.0.